The zero-order valence-electron chi connectivity index (χ0n) is 18.9. The van der Waals surface area contributed by atoms with Crippen molar-refractivity contribution in [2.45, 2.75) is 19.5 Å². The van der Waals surface area contributed by atoms with Crippen LogP contribution >= 0.6 is 11.6 Å². The summed E-state index contributed by atoms with van der Waals surface area (Å²) in [4.78, 5) is 22.8. The number of hydrogen-bond acceptors (Lipinski definition) is 5. The lowest BCUT2D eigenvalue weighted by Gasteiger charge is -2.19. The summed E-state index contributed by atoms with van der Waals surface area (Å²) in [5, 5.41) is 7.63. The molecule has 0 bridgehead atoms. The molecule has 8 nitrogen and oxygen atoms in total. The van der Waals surface area contributed by atoms with Crippen LogP contribution in [0.5, 0.6) is 0 Å². The fraction of sp³-hybridized carbons (Fsp3) is 0.217. The summed E-state index contributed by atoms with van der Waals surface area (Å²) in [6, 6.07) is 4.36. The molecule has 3 N–H and O–H groups in total. The molecule has 5 rings (SSSR count). The van der Waals surface area contributed by atoms with Crippen LogP contribution in [-0.4, -0.2) is 32.3 Å². The second-order valence-electron chi connectivity index (χ2n) is 8.28. The first kappa shape index (κ1) is 23.8. The minimum Gasteiger partial charge on any atom is -0.383 e. The molecular weight excluding hydrogens is 502 g/mol. The van der Waals surface area contributed by atoms with Gasteiger partial charge in [0.05, 0.1) is 27.3 Å². The number of nitrogen functional groups attached to an aromatic ring is 1. The molecule has 4 aromatic rings. The number of alkyl halides is 3. The number of nitrogens with two attached hydrogens (primary N) is 1. The summed E-state index contributed by atoms with van der Waals surface area (Å²) >= 11 is 6.73. The van der Waals surface area contributed by atoms with Crippen molar-refractivity contribution < 1.29 is 22.4 Å². The Morgan fingerprint density at radius 3 is 2.67 bits per heavy atom. The minimum absolute atomic E-state index is 0.193. The van der Waals surface area contributed by atoms with Crippen molar-refractivity contribution in [1.29, 1.82) is 0 Å². The molecule has 0 saturated heterocycles. The number of fused-ring (bicyclic) bond motifs is 2. The van der Waals surface area contributed by atoms with Crippen molar-refractivity contribution >= 4 is 45.9 Å². The highest BCUT2D eigenvalue weighted by atomic mass is 35.5. The van der Waals surface area contributed by atoms with Crippen LogP contribution in [0.2, 0.25) is 5.02 Å². The summed E-state index contributed by atoms with van der Waals surface area (Å²) in [5.74, 6) is -0.240. The van der Waals surface area contributed by atoms with E-state index in [1.807, 2.05) is 0 Å². The number of amides is 2. The Kier molecular flexibility index (Phi) is 5.51. The Hall–Kier alpha value is -3.93. The predicted molar refractivity (Wildman–Crippen MR) is 127 cm³/mol. The molecule has 0 fully saturated rings. The van der Waals surface area contributed by atoms with Crippen molar-refractivity contribution in [3.8, 4) is 11.3 Å². The van der Waals surface area contributed by atoms with E-state index in [1.54, 1.807) is 30.8 Å². The first-order valence-corrected chi connectivity index (χ1v) is 11.1. The third kappa shape index (κ3) is 3.87. The Bertz CT molecular complexity index is 1550. The van der Waals surface area contributed by atoms with Crippen LogP contribution < -0.4 is 16.0 Å². The molecule has 0 unspecified atom stereocenters. The van der Waals surface area contributed by atoms with Gasteiger partial charge in [-0.3, -0.25) is 4.90 Å². The van der Waals surface area contributed by atoms with Crippen LogP contribution in [0.25, 0.3) is 22.3 Å². The van der Waals surface area contributed by atoms with Crippen LogP contribution in [0.4, 0.5) is 39.5 Å². The van der Waals surface area contributed by atoms with Crippen molar-refractivity contribution in [1.82, 2.24) is 19.7 Å². The monoisotopic (exact) mass is 519 g/mol. The number of carbonyl (C=O) groups is 1. The highest BCUT2D eigenvalue weighted by Gasteiger charge is 2.33. The van der Waals surface area contributed by atoms with E-state index in [0.29, 0.717) is 69.0 Å². The van der Waals surface area contributed by atoms with E-state index in [0.717, 1.165) is 0 Å². The molecular formula is C23H18ClF4N7O. The van der Waals surface area contributed by atoms with Gasteiger partial charge in [-0.1, -0.05) is 11.6 Å². The van der Waals surface area contributed by atoms with E-state index in [4.69, 9.17) is 17.3 Å². The highest BCUT2D eigenvalue weighted by Crippen LogP contribution is 2.42. The maximum atomic E-state index is 14.1. The van der Waals surface area contributed by atoms with Gasteiger partial charge < -0.3 is 11.1 Å². The second kappa shape index (κ2) is 8.33. The number of aryl methyl sites for hydroxylation is 2. The van der Waals surface area contributed by atoms with Gasteiger partial charge in [0.1, 0.15) is 23.2 Å². The predicted octanol–water partition coefficient (Wildman–Crippen LogP) is 5.33. The molecule has 0 radical (unpaired) electrons. The number of nitrogens with zero attached hydrogens (tertiary/aromatic N) is 5. The SMILES string of the molecule is Cc1nc(N)c2c(-c3ccc4c(c3Cl)CCN4C(=O)Nc3cc(C(F)(F)F)ccc3F)nn(C)c2n1. The number of anilines is 3. The highest BCUT2D eigenvalue weighted by molar-refractivity contribution is 6.35. The first-order valence-electron chi connectivity index (χ1n) is 10.7. The summed E-state index contributed by atoms with van der Waals surface area (Å²) in [6.07, 6.45) is -4.31. The van der Waals surface area contributed by atoms with Crippen molar-refractivity contribution in [3.63, 3.8) is 0 Å². The number of hydrogen-bond donors (Lipinski definition) is 2. The average molecular weight is 520 g/mol. The number of halogens is 5. The zero-order valence-corrected chi connectivity index (χ0v) is 19.7. The van der Waals surface area contributed by atoms with Crippen molar-refractivity contribution in [3.05, 3.63) is 58.1 Å². The minimum atomic E-state index is -4.68. The molecule has 2 amide bonds. The van der Waals surface area contributed by atoms with E-state index in [9.17, 15) is 22.4 Å². The smallest absolute Gasteiger partial charge is 0.383 e. The van der Waals surface area contributed by atoms with Gasteiger partial charge in [-0.2, -0.15) is 18.3 Å². The summed E-state index contributed by atoms with van der Waals surface area (Å²) in [7, 11) is 1.72. The van der Waals surface area contributed by atoms with E-state index in [2.05, 4.69) is 20.4 Å². The lowest BCUT2D eigenvalue weighted by molar-refractivity contribution is -0.137. The fourth-order valence-corrected chi connectivity index (χ4v) is 4.64. The molecule has 2 aromatic carbocycles. The normalized spacial score (nSPS) is 13.4. The van der Waals surface area contributed by atoms with Crippen LogP contribution in [0.3, 0.4) is 0 Å². The third-order valence-corrected chi connectivity index (χ3v) is 6.39. The van der Waals surface area contributed by atoms with Crippen molar-refractivity contribution in [2.75, 3.05) is 22.5 Å². The van der Waals surface area contributed by atoms with E-state index >= 15 is 0 Å². The maximum absolute atomic E-state index is 14.1. The molecule has 0 atom stereocenters. The molecule has 186 valence electrons. The molecule has 1 aliphatic rings. The second-order valence-corrected chi connectivity index (χ2v) is 8.65. The lowest BCUT2D eigenvalue weighted by Crippen LogP contribution is -2.33. The number of aromatic nitrogens is 4. The van der Waals surface area contributed by atoms with Gasteiger partial charge in [0.2, 0.25) is 0 Å². The molecule has 13 heteroatoms. The molecule has 0 saturated carbocycles. The van der Waals surface area contributed by atoms with Gasteiger partial charge in [0.15, 0.2) is 5.65 Å². The van der Waals surface area contributed by atoms with E-state index < -0.39 is 29.3 Å². The first-order chi connectivity index (χ1) is 17.0. The molecule has 2 aromatic heterocycles. The Morgan fingerprint density at radius 1 is 1.19 bits per heavy atom. The molecule has 0 aliphatic carbocycles. The number of rotatable bonds is 2. The molecule has 36 heavy (non-hydrogen) atoms. The van der Waals surface area contributed by atoms with Gasteiger partial charge in [-0.05, 0) is 49.2 Å². The zero-order chi connectivity index (χ0) is 25.9. The van der Waals surface area contributed by atoms with E-state index in [-0.39, 0.29) is 12.4 Å². The van der Waals surface area contributed by atoms with Crippen LogP contribution in [0.15, 0.2) is 30.3 Å². The van der Waals surface area contributed by atoms with Gasteiger partial charge in [0.25, 0.3) is 0 Å². The Labute approximate surface area is 206 Å². The van der Waals surface area contributed by atoms with Gasteiger partial charge >= 0.3 is 12.2 Å². The molecule has 0 spiro atoms. The van der Waals surface area contributed by atoms with Crippen LogP contribution in [-0.2, 0) is 19.6 Å². The summed E-state index contributed by atoms with van der Waals surface area (Å²) in [5.41, 5.74) is 7.17. The van der Waals surface area contributed by atoms with Gasteiger partial charge in [-0.15, -0.1) is 0 Å². The third-order valence-electron chi connectivity index (χ3n) is 5.95. The maximum Gasteiger partial charge on any atom is 0.416 e. The van der Waals surface area contributed by atoms with Crippen molar-refractivity contribution in [2.24, 2.45) is 7.05 Å². The van der Waals surface area contributed by atoms with Crippen LogP contribution in [0.1, 0.15) is 17.0 Å². The summed E-state index contributed by atoms with van der Waals surface area (Å²) < 4.78 is 54.8. The lowest BCUT2D eigenvalue weighted by atomic mass is 10.0. The molecule has 3 heterocycles. The van der Waals surface area contributed by atoms with Gasteiger partial charge in [-0.25, -0.2) is 23.8 Å². The Balaban J connectivity index is 1.49. The number of urea groups is 1. The number of benzene rings is 2. The van der Waals surface area contributed by atoms with E-state index in [1.165, 1.54) is 4.90 Å². The van der Waals surface area contributed by atoms with Crippen LogP contribution in [0, 0.1) is 12.7 Å². The fourth-order valence-electron chi connectivity index (χ4n) is 4.30. The average Bonchev–Trinajstić information content (AvgIpc) is 3.37. The number of carbonyl (C=O) groups excluding carboxylic acids is 1. The number of nitrogens with one attached hydrogen (secondary N) is 1. The largest absolute Gasteiger partial charge is 0.416 e. The quantitative estimate of drug-likeness (QED) is 0.349. The molecule has 1 aliphatic heterocycles. The summed E-state index contributed by atoms with van der Waals surface area (Å²) in [6.45, 7) is 1.91. The standard InChI is InChI=1S/C23H18ClF4N7O/c1-10-30-20(29)17-19(33-34(2)21(17)31-10)13-4-6-16-12(18(13)24)7-8-35(16)22(36)32-15-9-11(23(26,27)28)3-5-14(15)25/h3-6,9H,7-8H2,1-2H3,(H,32,36)(H2,29,30,31). The topological polar surface area (TPSA) is 102 Å². The van der Waals surface area contributed by atoms with Gasteiger partial charge in [0, 0.05) is 19.2 Å². The Morgan fingerprint density at radius 2 is 1.94 bits per heavy atom.